The lowest BCUT2D eigenvalue weighted by Crippen LogP contribution is -2.48. The number of amides is 2. The summed E-state index contributed by atoms with van der Waals surface area (Å²) in [6.45, 7) is 6.34. The van der Waals surface area contributed by atoms with Gasteiger partial charge in [-0.15, -0.1) is 11.3 Å². The summed E-state index contributed by atoms with van der Waals surface area (Å²) in [4.78, 5) is 31.1. The number of thiophene rings is 1. The number of ether oxygens (including phenoxy) is 2. The first-order valence-electron chi connectivity index (χ1n) is 11.8. The zero-order chi connectivity index (χ0) is 23.4. The van der Waals surface area contributed by atoms with Crippen LogP contribution in [0, 0.1) is 5.92 Å². The molecule has 0 N–H and O–H groups in total. The Morgan fingerprint density at radius 2 is 1.94 bits per heavy atom. The fraction of sp³-hybridized carbons (Fsp3) is 0.538. The minimum absolute atomic E-state index is 0.0271. The molecule has 2 aromatic rings. The zero-order valence-corrected chi connectivity index (χ0v) is 20.6. The van der Waals surface area contributed by atoms with Crippen LogP contribution in [0.4, 0.5) is 0 Å². The molecule has 7 heteroatoms. The number of fused-ring (bicyclic) bond motifs is 1. The van der Waals surface area contributed by atoms with E-state index in [1.54, 1.807) is 23.3 Å². The highest BCUT2D eigenvalue weighted by Crippen LogP contribution is 2.35. The normalized spacial score (nSPS) is 17.7. The minimum atomic E-state index is -0.155. The van der Waals surface area contributed by atoms with E-state index in [2.05, 4.69) is 37.4 Å². The summed E-state index contributed by atoms with van der Waals surface area (Å²) in [6.07, 6.45) is 2.68. The third kappa shape index (κ3) is 5.76. The molecule has 178 valence electrons. The molecular weight excluding hydrogens is 436 g/mol. The lowest BCUT2D eigenvalue weighted by molar-refractivity contribution is -0.143. The van der Waals surface area contributed by atoms with Crippen LogP contribution in [-0.2, 0) is 20.7 Å². The van der Waals surface area contributed by atoms with Crippen LogP contribution >= 0.6 is 11.3 Å². The first-order chi connectivity index (χ1) is 16.0. The molecule has 1 aromatic carbocycles. The van der Waals surface area contributed by atoms with Crippen LogP contribution in [0.25, 0.3) is 0 Å². The molecule has 0 saturated heterocycles. The van der Waals surface area contributed by atoms with Crippen LogP contribution < -0.4 is 4.74 Å². The van der Waals surface area contributed by atoms with Crippen molar-refractivity contribution in [2.24, 2.45) is 5.92 Å². The van der Waals surface area contributed by atoms with Gasteiger partial charge in [0, 0.05) is 31.0 Å². The van der Waals surface area contributed by atoms with E-state index in [1.165, 1.54) is 10.4 Å². The van der Waals surface area contributed by atoms with Crippen LogP contribution in [-0.4, -0.2) is 61.6 Å². The summed E-state index contributed by atoms with van der Waals surface area (Å²) in [5.74, 6) is 1.40. The second-order valence-electron chi connectivity index (χ2n) is 9.21. The first kappa shape index (κ1) is 23.8. The molecule has 0 radical (unpaired) electrons. The van der Waals surface area contributed by atoms with Gasteiger partial charge in [-0.25, -0.2) is 0 Å². The molecule has 33 heavy (non-hydrogen) atoms. The largest absolute Gasteiger partial charge is 0.491 e. The molecule has 1 fully saturated rings. The number of methoxy groups -OCH3 is 1. The molecule has 1 unspecified atom stereocenters. The van der Waals surface area contributed by atoms with Gasteiger partial charge in [-0.05, 0) is 59.9 Å². The third-order valence-electron chi connectivity index (χ3n) is 6.50. The number of rotatable bonds is 10. The Labute approximate surface area is 200 Å². The van der Waals surface area contributed by atoms with Crippen molar-refractivity contribution in [3.63, 3.8) is 0 Å². The maximum absolute atomic E-state index is 13.4. The van der Waals surface area contributed by atoms with Crippen LogP contribution in [0.2, 0.25) is 0 Å². The molecule has 1 aliphatic carbocycles. The monoisotopic (exact) mass is 470 g/mol. The maximum atomic E-state index is 13.4. The molecule has 0 bridgehead atoms. The molecule has 1 aromatic heterocycles. The lowest BCUT2D eigenvalue weighted by atomic mass is 10.00. The molecule has 4 rings (SSSR count). The van der Waals surface area contributed by atoms with Crippen LogP contribution in [0.1, 0.15) is 54.7 Å². The predicted molar refractivity (Wildman–Crippen MR) is 130 cm³/mol. The zero-order valence-electron chi connectivity index (χ0n) is 19.8. The second-order valence-corrected chi connectivity index (χ2v) is 10.2. The summed E-state index contributed by atoms with van der Waals surface area (Å²) in [5.41, 5.74) is 2.43. The van der Waals surface area contributed by atoms with Gasteiger partial charge in [-0.2, -0.15) is 0 Å². The van der Waals surface area contributed by atoms with Crippen molar-refractivity contribution in [3.8, 4) is 5.75 Å². The molecule has 0 spiro atoms. The van der Waals surface area contributed by atoms with Gasteiger partial charge in [-0.1, -0.05) is 26.0 Å². The number of benzene rings is 1. The van der Waals surface area contributed by atoms with Crippen molar-refractivity contribution >= 4 is 23.2 Å². The van der Waals surface area contributed by atoms with Gasteiger partial charge < -0.3 is 19.3 Å². The van der Waals surface area contributed by atoms with Gasteiger partial charge in [-0.3, -0.25) is 9.59 Å². The summed E-state index contributed by atoms with van der Waals surface area (Å²) >= 11 is 1.74. The minimum Gasteiger partial charge on any atom is -0.491 e. The molecule has 1 atom stereocenters. The average molecular weight is 471 g/mol. The van der Waals surface area contributed by atoms with Gasteiger partial charge in [0.25, 0.3) is 0 Å². The van der Waals surface area contributed by atoms with Gasteiger partial charge in [0.05, 0.1) is 19.2 Å². The van der Waals surface area contributed by atoms with E-state index in [4.69, 9.17) is 9.47 Å². The Hall–Kier alpha value is -2.38. The fourth-order valence-electron chi connectivity index (χ4n) is 4.31. The number of carbonyl (C=O) groups excluding carboxylic acids is 2. The van der Waals surface area contributed by atoms with E-state index in [0.717, 1.165) is 30.6 Å². The van der Waals surface area contributed by atoms with E-state index in [9.17, 15) is 9.59 Å². The molecule has 2 aliphatic rings. The topological polar surface area (TPSA) is 59.1 Å². The first-order valence-corrected chi connectivity index (χ1v) is 12.7. The Morgan fingerprint density at radius 1 is 1.18 bits per heavy atom. The predicted octanol–water partition coefficient (Wildman–Crippen LogP) is 4.26. The van der Waals surface area contributed by atoms with Crippen LogP contribution in [0.5, 0.6) is 5.75 Å². The summed E-state index contributed by atoms with van der Waals surface area (Å²) in [7, 11) is 1.62. The van der Waals surface area contributed by atoms with Crippen molar-refractivity contribution in [1.29, 1.82) is 0 Å². The number of hydrogen-bond acceptors (Lipinski definition) is 5. The lowest BCUT2D eigenvalue weighted by Gasteiger charge is -2.37. The number of hydrogen-bond donors (Lipinski definition) is 0. The molecule has 2 heterocycles. The van der Waals surface area contributed by atoms with Crippen LogP contribution in [0.15, 0.2) is 35.7 Å². The second kappa shape index (κ2) is 10.7. The SMILES string of the molecule is COCCN(CC(=O)N1CCc2sccc2C1COc1ccc(C(C)C)cc1)C(=O)C1CC1. The fourth-order valence-corrected chi connectivity index (χ4v) is 5.24. The Kier molecular flexibility index (Phi) is 7.71. The molecule has 2 amide bonds. The quantitative estimate of drug-likeness (QED) is 0.521. The Balaban J connectivity index is 1.47. The summed E-state index contributed by atoms with van der Waals surface area (Å²) < 4.78 is 11.3. The van der Waals surface area contributed by atoms with Gasteiger partial charge in [0.15, 0.2) is 0 Å². The highest BCUT2D eigenvalue weighted by molar-refractivity contribution is 7.10. The molecule has 1 aliphatic heterocycles. The molecule has 1 saturated carbocycles. The number of nitrogens with zero attached hydrogens (tertiary/aromatic N) is 2. The molecular formula is C26H34N2O4S. The van der Waals surface area contributed by atoms with E-state index in [1.807, 2.05) is 17.0 Å². The Bertz CT molecular complexity index is 951. The standard InChI is InChI=1S/C26H34N2O4S/c1-18(2)19-6-8-21(9-7-19)32-17-23-22-11-15-33-24(22)10-12-28(23)25(29)16-27(13-14-31-3)26(30)20-4-5-20/h6-9,11,15,18,20,23H,4-5,10,12-14,16-17H2,1-3H3. The van der Waals surface area contributed by atoms with E-state index in [-0.39, 0.29) is 30.3 Å². The third-order valence-corrected chi connectivity index (χ3v) is 7.50. The van der Waals surface area contributed by atoms with Crippen molar-refractivity contribution in [3.05, 3.63) is 51.7 Å². The molecule has 6 nitrogen and oxygen atoms in total. The van der Waals surface area contributed by atoms with Crippen molar-refractivity contribution in [1.82, 2.24) is 9.80 Å². The van der Waals surface area contributed by atoms with Gasteiger partial charge in [0.2, 0.25) is 11.8 Å². The van der Waals surface area contributed by atoms with Gasteiger partial charge in [0.1, 0.15) is 12.4 Å². The van der Waals surface area contributed by atoms with Crippen molar-refractivity contribution < 1.29 is 19.1 Å². The van der Waals surface area contributed by atoms with Crippen molar-refractivity contribution in [2.75, 3.05) is 40.0 Å². The highest BCUT2D eigenvalue weighted by Gasteiger charge is 2.37. The van der Waals surface area contributed by atoms with Gasteiger partial charge >= 0.3 is 0 Å². The van der Waals surface area contributed by atoms with Crippen LogP contribution in [0.3, 0.4) is 0 Å². The van der Waals surface area contributed by atoms with E-state index >= 15 is 0 Å². The Morgan fingerprint density at radius 3 is 2.61 bits per heavy atom. The summed E-state index contributed by atoms with van der Waals surface area (Å²) in [6, 6.07) is 10.1. The van der Waals surface area contributed by atoms with E-state index < -0.39 is 0 Å². The van der Waals surface area contributed by atoms with Crippen molar-refractivity contribution in [2.45, 2.75) is 45.1 Å². The maximum Gasteiger partial charge on any atom is 0.242 e. The highest BCUT2D eigenvalue weighted by atomic mass is 32.1. The number of carbonyl (C=O) groups is 2. The smallest absolute Gasteiger partial charge is 0.242 e. The summed E-state index contributed by atoms with van der Waals surface area (Å²) in [5, 5.41) is 2.09. The van der Waals surface area contributed by atoms with E-state index in [0.29, 0.717) is 32.2 Å². The average Bonchev–Trinajstić information content (AvgIpc) is 3.56.